The number of rotatable bonds is 7. The molecule has 100 valence electrons. The van der Waals surface area contributed by atoms with E-state index in [0.29, 0.717) is 23.1 Å². The zero-order valence-corrected chi connectivity index (χ0v) is 12.3. The van der Waals surface area contributed by atoms with Crippen LogP contribution in [0.3, 0.4) is 0 Å². The van der Waals surface area contributed by atoms with Crippen molar-refractivity contribution in [2.75, 3.05) is 6.61 Å². The van der Waals surface area contributed by atoms with E-state index in [4.69, 9.17) is 4.74 Å². The summed E-state index contributed by atoms with van der Waals surface area (Å²) in [6.07, 6.45) is 1.40. The molecule has 0 fully saturated rings. The van der Waals surface area contributed by atoms with Crippen molar-refractivity contribution in [1.82, 2.24) is 0 Å². The number of hydrogen-bond donors (Lipinski definition) is 0. The lowest BCUT2D eigenvalue weighted by molar-refractivity contribution is -0.131. The molecule has 1 rings (SSSR count). The van der Waals surface area contributed by atoms with Crippen LogP contribution in [0.15, 0.2) is 22.7 Å². The van der Waals surface area contributed by atoms with Gasteiger partial charge in [-0.3, -0.25) is 4.79 Å². The summed E-state index contributed by atoms with van der Waals surface area (Å²) in [5, 5.41) is 0. The van der Waals surface area contributed by atoms with Gasteiger partial charge in [0.2, 0.25) is 0 Å². The summed E-state index contributed by atoms with van der Waals surface area (Å²) in [6, 6.07) is 4.69. The van der Waals surface area contributed by atoms with Gasteiger partial charge >= 0.3 is 0 Å². The fourth-order valence-electron chi connectivity index (χ4n) is 1.66. The Kier molecular flexibility index (Phi) is 6.50. The first kappa shape index (κ1) is 15.3. The highest BCUT2D eigenvalue weighted by Crippen LogP contribution is 2.25. The van der Waals surface area contributed by atoms with Crippen molar-refractivity contribution >= 4 is 21.7 Å². The standard InChI is InChI=1S/C14H18BrFO2/c1-3-5-13(17)14(18-8-4-2)10-6-7-11(15)12(16)9-10/h6-7,9,14H,3-5,8H2,1-2H3. The molecule has 0 spiro atoms. The average Bonchev–Trinajstić information content (AvgIpc) is 2.34. The van der Waals surface area contributed by atoms with Crippen molar-refractivity contribution < 1.29 is 13.9 Å². The van der Waals surface area contributed by atoms with Gasteiger partial charge in [-0.15, -0.1) is 0 Å². The Morgan fingerprint density at radius 2 is 2.11 bits per heavy atom. The van der Waals surface area contributed by atoms with Gasteiger partial charge in [-0.25, -0.2) is 4.39 Å². The third kappa shape index (κ3) is 4.18. The van der Waals surface area contributed by atoms with Gasteiger partial charge in [-0.2, -0.15) is 0 Å². The molecule has 0 saturated heterocycles. The van der Waals surface area contributed by atoms with Crippen LogP contribution in [0.4, 0.5) is 4.39 Å². The minimum Gasteiger partial charge on any atom is -0.366 e. The molecule has 1 aromatic carbocycles. The van der Waals surface area contributed by atoms with Crippen molar-refractivity contribution in [2.24, 2.45) is 0 Å². The summed E-state index contributed by atoms with van der Waals surface area (Å²) < 4.78 is 19.4. The van der Waals surface area contributed by atoms with Gasteiger partial charge in [-0.1, -0.05) is 19.9 Å². The van der Waals surface area contributed by atoms with E-state index in [1.165, 1.54) is 6.07 Å². The predicted molar refractivity (Wildman–Crippen MR) is 73.0 cm³/mol. The minimum absolute atomic E-state index is 0.00710. The molecule has 0 aromatic heterocycles. The van der Waals surface area contributed by atoms with Crippen LogP contribution < -0.4 is 0 Å². The van der Waals surface area contributed by atoms with Gasteiger partial charge in [0, 0.05) is 13.0 Å². The molecule has 0 amide bonds. The molecular weight excluding hydrogens is 299 g/mol. The largest absolute Gasteiger partial charge is 0.366 e. The molecule has 0 radical (unpaired) electrons. The zero-order valence-electron chi connectivity index (χ0n) is 10.7. The summed E-state index contributed by atoms with van der Waals surface area (Å²) in [4.78, 5) is 12.0. The Hall–Kier alpha value is -0.740. The van der Waals surface area contributed by atoms with Crippen LogP contribution in [0.2, 0.25) is 0 Å². The van der Waals surface area contributed by atoms with E-state index in [2.05, 4.69) is 15.9 Å². The average molecular weight is 317 g/mol. The predicted octanol–water partition coefficient (Wildman–Crippen LogP) is 4.43. The number of Topliss-reactive ketones (excluding diaryl/α,β-unsaturated/α-hetero) is 1. The van der Waals surface area contributed by atoms with Crippen LogP contribution >= 0.6 is 15.9 Å². The second-order valence-corrected chi connectivity index (χ2v) is 5.00. The Labute approximate surface area is 116 Å². The van der Waals surface area contributed by atoms with Gasteiger partial charge in [0.15, 0.2) is 5.78 Å². The molecule has 1 atom stereocenters. The van der Waals surface area contributed by atoms with Crippen molar-refractivity contribution in [3.05, 3.63) is 34.1 Å². The molecule has 0 heterocycles. The summed E-state index contributed by atoms with van der Waals surface area (Å²) >= 11 is 3.10. The SMILES string of the molecule is CCCOC(C(=O)CCC)c1ccc(Br)c(F)c1. The second-order valence-electron chi connectivity index (χ2n) is 4.14. The summed E-state index contributed by atoms with van der Waals surface area (Å²) in [5.74, 6) is -0.366. The van der Waals surface area contributed by atoms with Gasteiger partial charge in [-0.05, 0) is 46.5 Å². The minimum atomic E-state index is -0.646. The Morgan fingerprint density at radius 3 is 2.67 bits per heavy atom. The summed E-state index contributed by atoms with van der Waals surface area (Å²) in [7, 11) is 0. The van der Waals surface area contributed by atoms with Crippen molar-refractivity contribution in [2.45, 2.75) is 39.2 Å². The molecule has 0 bridgehead atoms. The van der Waals surface area contributed by atoms with Crippen LogP contribution in [0.5, 0.6) is 0 Å². The van der Waals surface area contributed by atoms with E-state index in [-0.39, 0.29) is 11.6 Å². The Morgan fingerprint density at radius 1 is 1.39 bits per heavy atom. The van der Waals surface area contributed by atoms with Crippen LogP contribution in [0.25, 0.3) is 0 Å². The van der Waals surface area contributed by atoms with E-state index >= 15 is 0 Å². The number of ether oxygens (including phenoxy) is 1. The molecule has 0 aliphatic carbocycles. The molecule has 0 N–H and O–H groups in total. The van der Waals surface area contributed by atoms with E-state index in [1.807, 2.05) is 13.8 Å². The van der Waals surface area contributed by atoms with Crippen molar-refractivity contribution in [3.8, 4) is 0 Å². The van der Waals surface area contributed by atoms with E-state index in [0.717, 1.165) is 12.8 Å². The van der Waals surface area contributed by atoms with Gasteiger partial charge < -0.3 is 4.74 Å². The summed E-state index contributed by atoms with van der Waals surface area (Å²) in [6.45, 7) is 4.41. The maximum atomic E-state index is 13.5. The monoisotopic (exact) mass is 316 g/mol. The molecule has 0 saturated carbocycles. The normalized spacial score (nSPS) is 12.4. The number of carbonyl (C=O) groups is 1. The molecule has 0 aliphatic heterocycles. The van der Waals surface area contributed by atoms with Crippen molar-refractivity contribution in [1.29, 1.82) is 0 Å². The second kappa shape index (κ2) is 7.64. The summed E-state index contributed by atoms with van der Waals surface area (Å²) in [5.41, 5.74) is 0.586. The fraction of sp³-hybridized carbons (Fsp3) is 0.500. The topological polar surface area (TPSA) is 26.3 Å². The highest BCUT2D eigenvalue weighted by molar-refractivity contribution is 9.10. The van der Waals surface area contributed by atoms with Crippen LogP contribution in [-0.2, 0) is 9.53 Å². The highest BCUT2D eigenvalue weighted by Gasteiger charge is 2.21. The van der Waals surface area contributed by atoms with Gasteiger partial charge in [0.25, 0.3) is 0 Å². The smallest absolute Gasteiger partial charge is 0.166 e. The third-order valence-electron chi connectivity index (χ3n) is 2.52. The third-order valence-corrected chi connectivity index (χ3v) is 3.17. The van der Waals surface area contributed by atoms with E-state index < -0.39 is 6.10 Å². The quantitative estimate of drug-likeness (QED) is 0.744. The van der Waals surface area contributed by atoms with Crippen LogP contribution in [0.1, 0.15) is 44.8 Å². The van der Waals surface area contributed by atoms with Crippen molar-refractivity contribution in [3.63, 3.8) is 0 Å². The maximum Gasteiger partial charge on any atom is 0.166 e. The maximum absolute atomic E-state index is 13.5. The van der Waals surface area contributed by atoms with E-state index in [1.54, 1.807) is 12.1 Å². The lowest BCUT2D eigenvalue weighted by Gasteiger charge is -2.17. The zero-order chi connectivity index (χ0) is 13.5. The molecule has 4 heteroatoms. The molecule has 2 nitrogen and oxygen atoms in total. The lowest BCUT2D eigenvalue weighted by Crippen LogP contribution is -2.16. The number of ketones is 1. The first-order valence-electron chi connectivity index (χ1n) is 6.19. The number of carbonyl (C=O) groups excluding carboxylic acids is 1. The first-order chi connectivity index (χ1) is 8.60. The van der Waals surface area contributed by atoms with Crippen LogP contribution in [-0.4, -0.2) is 12.4 Å². The lowest BCUT2D eigenvalue weighted by atomic mass is 10.0. The first-order valence-corrected chi connectivity index (χ1v) is 6.98. The number of hydrogen-bond acceptors (Lipinski definition) is 2. The Bertz CT molecular complexity index is 407. The number of halogens is 2. The number of benzene rings is 1. The molecule has 1 unspecified atom stereocenters. The fourth-order valence-corrected chi connectivity index (χ4v) is 1.91. The van der Waals surface area contributed by atoms with Crippen LogP contribution in [0, 0.1) is 5.82 Å². The van der Waals surface area contributed by atoms with Gasteiger partial charge in [0.1, 0.15) is 11.9 Å². The molecule has 0 aliphatic rings. The van der Waals surface area contributed by atoms with E-state index in [9.17, 15) is 9.18 Å². The van der Waals surface area contributed by atoms with Gasteiger partial charge in [0.05, 0.1) is 4.47 Å². The molecular formula is C14H18BrFO2. The molecule has 18 heavy (non-hydrogen) atoms. The highest BCUT2D eigenvalue weighted by atomic mass is 79.9. The Balaban J connectivity index is 2.93. The molecule has 1 aromatic rings.